The minimum absolute atomic E-state index is 0.0725. The van der Waals surface area contributed by atoms with Crippen LogP contribution in [0.2, 0.25) is 0 Å². The summed E-state index contributed by atoms with van der Waals surface area (Å²) in [5, 5.41) is 82.9. The van der Waals surface area contributed by atoms with Crippen LogP contribution in [0.25, 0.3) is 22.3 Å². The van der Waals surface area contributed by atoms with E-state index < -0.39 is 84.9 Å². The smallest absolute Gasteiger partial charge is 0.239 e. The second kappa shape index (κ2) is 14.4. The molecule has 0 amide bonds. The number of hydrogen-bond acceptors (Lipinski definition) is 15. The van der Waals surface area contributed by atoms with E-state index in [0.717, 1.165) is 11.6 Å². The Hall–Kier alpha value is -3.77. The average molecular weight is 677 g/mol. The first-order chi connectivity index (χ1) is 22.8. The van der Waals surface area contributed by atoms with Crippen LogP contribution in [0, 0.1) is 0 Å². The number of phenols is 1. The van der Waals surface area contributed by atoms with Crippen LogP contribution in [-0.4, -0.2) is 116 Å². The predicted octanol–water partition coefficient (Wildman–Crippen LogP) is 0.0679. The van der Waals surface area contributed by atoms with Crippen molar-refractivity contribution in [1.29, 1.82) is 0 Å². The maximum absolute atomic E-state index is 14.3. The number of aliphatic hydroxyl groups is 7. The van der Waals surface area contributed by atoms with E-state index >= 15 is 0 Å². The molecule has 2 aliphatic rings. The molecule has 5 rings (SSSR count). The molecule has 3 aromatic rings. The highest BCUT2D eigenvalue weighted by atomic mass is 16.7. The normalized spacial score (nSPS) is 30.6. The van der Waals surface area contributed by atoms with Crippen LogP contribution in [0.4, 0.5) is 0 Å². The van der Waals surface area contributed by atoms with Crippen LogP contribution in [-0.2, 0) is 15.9 Å². The molecule has 3 heterocycles. The number of fused-ring (bicyclic) bond motifs is 1. The molecular formula is C33H40O15. The summed E-state index contributed by atoms with van der Waals surface area (Å²) in [5.74, 6) is -0.922. The standard InChI is InChI=1S/C33H40O15/c1-13(2)5-10-17-19(45-33-28(42)26(40)23(37)20(12-34)46-33)11-18(35)21-24(38)31(48-32-27(41)25(39)22(36)14(3)44-32)29(47-30(17)21)15-6-8-16(43-4)9-7-15/h5-9,11,14,20,22-23,25-28,32-37,39-42H,10,12H2,1-4H3/t14-,20-,22+,23+,25-,26+,27-,28+,32-,33-/m0/s1. The van der Waals surface area contributed by atoms with Gasteiger partial charge in [-0.2, -0.15) is 0 Å². The van der Waals surface area contributed by atoms with Crippen molar-refractivity contribution in [2.24, 2.45) is 0 Å². The first-order valence-electron chi connectivity index (χ1n) is 15.2. The molecule has 0 saturated carbocycles. The summed E-state index contributed by atoms with van der Waals surface area (Å²) in [6.07, 6.45) is -13.7. The Morgan fingerprint density at radius 3 is 2.10 bits per heavy atom. The van der Waals surface area contributed by atoms with Crippen LogP contribution < -0.4 is 19.6 Å². The Morgan fingerprint density at radius 2 is 1.50 bits per heavy atom. The number of aromatic hydroxyl groups is 1. The van der Waals surface area contributed by atoms with Gasteiger partial charge in [-0.25, -0.2) is 0 Å². The quantitative estimate of drug-likeness (QED) is 0.140. The van der Waals surface area contributed by atoms with E-state index in [1.54, 1.807) is 30.3 Å². The van der Waals surface area contributed by atoms with Crippen molar-refractivity contribution in [3.8, 4) is 34.3 Å². The molecule has 1 aromatic heterocycles. The summed E-state index contributed by atoms with van der Waals surface area (Å²) in [4.78, 5) is 14.3. The Kier molecular flexibility index (Phi) is 10.6. The van der Waals surface area contributed by atoms with Crippen molar-refractivity contribution < 1.29 is 69.0 Å². The fourth-order valence-corrected chi connectivity index (χ4v) is 5.52. The second-order valence-electron chi connectivity index (χ2n) is 12.0. The Bertz CT molecular complexity index is 1680. The second-order valence-corrected chi connectivity index (χ2v) is 12.0. The molecule has 262 valence electrons. The summed E-state index contributed by atoms with van der Waals surface area (Å²) in [7, 11) is 1.47. The van der Waals surface area contributed by atoms with Gasteiger partial charge in [-0.05, 0) is 51.5 Å². The molecule has 0 aliphatic carbocycles. The number of phenolic OH excluding ortho intramolecular Hbond substituents is 1. The number of aliphatic hydroxyl groups excluding tert-OH is 7. The van der Waals surface area contributed by atoms with Crippen molar-refractivity contribution in [2.75, 3.05) is 13.7 Å². The maximum Gasteiger partial charge on any atom is 0.239 e. The van der Waals surface area contributed by atoms with Crippen molar-refractivity contribution in [2.45, 2.75) is 88.6 Å². The number of benzene rings is 2. The SMILES string of the molecule is COc1ccc(-c2oc3c(CC=C(C)C)c(O[C@H]4O[C@@H](CO)[C@@H](O)[C@@H](O)[C@H]4O)cc(O)c3c(=O)c2O[C@@H]2O[C@@H](C)[C@@H](O)[C@H](O)[C@@H]2O)cc1. The third-order valence-electron chi connectivity index (χ3n) is 8.37. The summed E-state index contributed by atoms with van der Waals surface area (Å²) >= 11 is 0. The van der Waals surface area contributed by atoms with E-state index in [2.05, 4.69) is 0 Å². The molecule has 8 N–H and O–H groups in total. The third-order valence-corrected chi connectivity index (χ3v) is 8.37. The average Bonchev–Trinajstić information content (AvgIpc) is 3.06. The first-order valence-corrected chi connectivity index (χ1v) is 15.2. The highest BCUT2D eigenvalue weighted by Gasteiger charge is 2.46. The van der Waals surface area contributed by atoms with Crippen LogP contribution in [0.3, 0.4) is 0 Å². The fourth-order valence-electron chi connectivity index (χ4n) is 5.52. The van der Waals surface area contributed by atoms with Gasteiger partial charge in [0, 0.05) is 17.2 Å². The van der Waals surface area contributed by atoms with Crippen molar-refractivity contribution >= 4 is 11.0 Å². The van der Waals surface area contributed by atoms with Crippen molar-refractivity contribution in [3.63, 3.8) is 0 Å². The molecule has 48 heavy (non-hydrogen) atoms. The maximum atomic E-state index is 14.3. The Morgan fingerprint density at radius 1 is 0.875 bits per heavy atom. The van der Waals surface area contributed by atoms with Crippen LogP contribution in [0.15, 0.2) is 51.2 Å². The molecule has 0 radical (unpaired) electrons. The van der Waals surface area contributed by atoms with Gasteiger partial charge >= 0.3 is 0 Å². The number of ether oxygens (including phenoxy) is 5. The van der Waals surface area contributed by atoms with Gasteiger partial charge < -0.3 is 69.0 Å². The molecule has 15 heteroatoms. The Labute approximate surface area is 274 Å². The van der Waals surface area contributed by atoms with E-state index in [4.69, 9.17) is 28.1 Å². The van der Waals surface area contributed by atoms with E-state index in [1.165, 1.54) is 14.0 Å². The van der Waals surface area contributed by atoms with Crippen molar-refractivity contribution in [3.05, 3.63) is 57.8 Å². The number of rotatable bonds is 9. The summed E-state index contributed by atoms with van der Waals surface area (Å²) < 4.78 is 34.5. The highest BCUT2D eigenvalue weighted by molar-refractivity contribution is 5.91. The summed E-state index contributed by atoms with van der Waals surface area (Å²) in [6.45, 7) is 4.40. The van der Waals surface area contributed by atoms with Gasteiger partial charge in [-0.15, -0.1) is 0 Å². The zero-order chi connectivity index (χ0) is 35.0. The lowest BCUT2D eigenvalue weighted by molar-refractivity contribution is -0.277. The largest absolute Gasteiger partial charge is 0.507 e. The third kappa shape index (κ3) is 6.74. The van der Waals surface area contributed by atoms with Gasteiger partial charge in [-0.3, -0.25) is 4.79 Å². The molecule has 0 bridgehead atoms. The van der Waals surface area contributed by atoms with E-state index in [-0.39, 0.29) is 34.5 Å². The van der Waals surface area contributed by atoms with Gasteiger partial charge in [0.2, 0.25) is 23.8 Å². The lowest BCUT2D eigenvalue weighted by Crippen LogP contribution is -2.60. The van der Waals surface area contributed by atoms with Gasteiger partial charge in [-0.1, -0.05) is 11.6 Å². The molecule has 15 nitrogen and oxygen atoms in total. The topological polar surface area (TPSA) is 238 Å². The van der Waals surface area contributed by atoms with Crippen molar-refractivity contribution in [1.82, 2.24) is 0 Å². The van der Waals surface area contributed by atoms with Crippen LogP contribution in [0.1, 0.15) is 26.3 Å². The number of methoxy groups -OCH3 is 1. The van der Waals surface area contributed by atoms with Gasteiger partial charge in [0.1, 0.15) is 70.9 Å². The predicted molar refractivity (Wildman–Crippen MR) is 167 cm³/mol. The molecular weight excluding hydrogens is 636 g/mol. The first kappa shape index (κ1) is 35.5. The molecule has 2 fully saturated rings. The minimum atomic E-state index is -1.77. The molecule has 2 aromatic carbocycles. The fraction of sp³-hybridized carbons (Fsp3) is 0.485. The number of hydrogen-bond donors (Lipinski definition) is 8. The summed E-state index contributed by atoms with van der Waals surface area (Å²) in [6, 6.07) is 7.41. The molecule has 0 spiro atoms. The zero-order valence-corrected chi connectivity index (χ0v) is 26.6. The lowest BCUT2D eigenvalue weighted by Gasteiger charge is -2.39. The zero-order valence-electron chi connectivity index (χ0n) is 26.6. The molecule has 2 saturated heterocycles. The molecule has 2 aliphatic heterocycles. The number of allylic oxidation sites excluding steroid dienone is 2. The monoisotopic (exact) mass is 676 g/mol. The van der Waals surface area contributed by atoms with Crippen LogP contribution in [0.5, 0.6) is 23.0 Å². The summed E-state index contributed by atoms with van der Waals surface area (Å²) in [5.41, 5.74) is 0.341. The van der Waals surface area contributed by atoms with E-state index in [0.29, 0.717) is 11.3 Å². The Balaban J connectivity index is 1.71. The lowest BCUT2D eigenvalue weighted by atomic mass is 9.99. The highest BCUT2D eigenvalue weighted by Crippen LogP contribution is 2.41. The van der Waals surface area contributed by atoms with Crippen LogP contribution >= 0.6 is 0 Å². The molecule has 10 atom stereocenters. The van der Waals surface area contributed by atoms with E-state index in [1.807, 2.05) is 13.8 Å². The van der Waals surface area contributed by atoms with E-state index in [9.17, 15) is 45.6 Å². The van der Waals surface area contributed by atoms with Gasteiger partial charge in [0.05, 0.1) is 19.8 Å². The molecule has 0 unspecified atom stereocenters. The minimum Gasteiger partial charge on any atom is -0.507 e. The van der Waals surface area contributed by atoms with Gasteiger partial charge in [0.25, 0.3) is 0 Å². The van der Waals surface area contributed by atoms with Gasteiger partial charge in [0.15, 0.2) is 5.76 Å².